The van der Waals surface area contributed by atoms with E-state index < -0.39 is 0 Å². The molecular formula is C37H38N2O. The minimum atomic E-state index is 0.00153. The average molecular weight is 527 g/mol. The van der Waals surface area contributed by atoms with E-state index in [0.29, 0.717) is 5.56 Å². The third-order valence-corrected chi connectivity index (χ3v) is 7.37. The molecule has 3 heteroatoms. The summed E-state index contributed by atoms with van der Waals surface area (Å²) in [5.41, 5.74) is 11.3. The van der Waals surface area contributed by atoms with Gasteiger partial charge in [-0.25, -0.2) is 4.98 Å². The lowest BCUT2D eigenvalue weighted by molar-refractivity contribution is 0.477. The van der Waals surface area contributed by atoms with E-state index in [-0.39, 0.29) is 16.6 Å². The maximum atomic E-state index is 10.8. The van der Waals surface area contributed by atoms with Gasteiger partial charge in [0.05, 0.1) is 17.1 Å². The molecule has 0 bridgehead atoms. The summed E-state index contributed by atoms with van der Waals surface area (Å²) in [4.78, 5) is 9.67. The second-order valence-electron chi connectivity index (χ2n) is 12.7. The van der Waals surface area contributed by atoms with Gasteiger partial charge in [0.2, 0.25) is 0 Å². The third-order valence-electron chi connectivity index (χ3n) is 7.37. The van der Waals surface area contributed by atoms with Gasteiger partial charge in [0.25, 0.3) is 0 Å². The van der Waals surface area contributed by atoms with Gasteiger partial charge in [-0.3, -0.25) is 4.98 Å². The first-order valence-corrected chi connectivity index (χ1v) is 13.9. The Balaban J connectivity index is 1.74. The summed E-state index contributed by atoms with van der Waals surface area (Å²) in [6.07, 6.45) is 1.85. The van der Waals surface area contributed by atoms with Crippen LogP contribution in [-0.2, 0) is 10.8 Å². The van der Waals surface area contributed by atoms with Gasteiger partial charge in [0, 0.05) is 22.9 Å². The van der Waals surface area contributed by atoms with Gasteiger partial charge >= 0.3 is 0 Å². The molecule has 0 aliphatic carbocycles. The summed E-state index contributed by atoms with van der Waals surface area (Å²) in [5.74, 6) is 0.217. The Morgan fingerprint density at radius 1 is 0.550 bits per heavy atom. The van der Waals surface area contributed by atoms with E-state index in [4.69, 9.17) is 4.98 Å². The number of hydrogen-bond donors (Lipinski definition) is 1. The molecule has 0 fully saturated rings. The lowest BCUT2D eigenvalue weighted by Gasteiger charge is -2.26. The van der Waals surface area contributed by atoms with Crippen molar-refractivity contribution < 1.29 is 5.11 Å². The number of aromatic hydroxyl groups is 1. The fourth-order valence-corrected chi connectivity index (χ4v) is 4.87. The van der Waals surface area contributed by atoms with E-state index in [1.54, 1.807) is 6.07 Å². The highest BCUT2D eigenvalue weighted by Crippen LogP contribution is 2.38. The van der Waals surface area contributed by atoms with E-state index in [9.17, 15) is 5.11 Å². The Bertz CT molecular complexity index is 1650. The zero-order chi connectivity index (χ0) is 28.7. The number of benzene rings is 3. The van der Waals surface area contributed by atoms with E-state index in [0.717, 1.165) is 39.3 Å². The zero-order valence-electron chi connectivity index (χ0n) is 24.6. The maximum Gasteiger partial charge on any atom is 0.124 e. The van der Waals surface area contributed by atoms with Gasteiger partial charge < -0.3 is 5.11 Å². The van der Waals surface area contributed by atoms with Crippen molar-refractivity contribution in [3.8, 4) is 50.6 Å². The first-order valence-electron chi connectivity index (χ1n) is 13.9. The molecule has 0 unspecified atom stereocenters. The van der Waals surface area contributed by atoms with Gasteiger partial charge in [-0.05, 0) is 88.0 Å². The van der Waals surface area contributed by atoms with Crippen molar-refractivity contribution in [2.75, 3.05) is 0 Å². The summed E-state index contributed by atoms with van der Waals surface area (Å²) >= 11 is 0. The lowest BCUT2D eigenvalue weighted by atomic mass is 9.79. The van der Waals surface area contributed by atoms with Crippen LogP contribution in [0.4, 0.5) is 0 Å². The fourth-order valence-electron chi connectivity index (χ4n) is 4.87. The summed E-state index contributed by atoms with van der Waals surface area (Å²) < 4.78 is 0. The van der Waals surface area contributed by atoms with Gasteiger partial charge in [0.1, 0.15) is 5.75 Å². The van der Waals surface area contributed by atoms with Crippen LogP contribution in [0.3, 0.4) is 0 Å². The van der Waals surface area contributed by atoms with Crippen LogP contribution in [-0.4, -0.2) is 15.1 Å². The fraction of sp³-hybridized carbons (Fsp3) is 0.243. The highest BCUT2D eigenvalue weighted by molar-refractivity contribution is 5.80. The highest BCUT2D eigenvalue weighted by Gasteiger charge is 2.22. The molecule has 202 valence electrons. The molecule has 40 heavy (non-hydrogen) atoms. The Morgan fingerprint density at radius 2 is 1.15 bits per heavy atom. The van der Waals surface area contributed by atoms with Crippen LogP contribution in [0, 0.1) is 6.92 Å². The van der Waals surface area contributed by atoms with Crippen LogP contribution >= 0.6 is 0 Å². The SMILES string of the molecule is Cc1ccnc(-c2cccc(-c3cc(-c4cc(C(C)(C)C)cc(C(C)(C)C)c4)cc(-c4ccccc4O)n3)c2)c1. The number of phenolic OH excluding ortho intramolecular Hbond substituents is 1. The largest absolute Gasteiger partial charge is 0.507 e. The van der Waals surface area contributed by atoms with Gasteiger partial charge in [-0.2, -0.15) is 0 Å². The van der Waals surface area contributed by atoms with E-state index in [1.165, 1.54) is 16.7 Å². The molecule has 3 nitrogen and oxygen atoms in total. The number of phenols is 1. The molecule has 2 heterocycles. The first-order chi connectivity index (χ1) is 18.9. The molecule has 5 aromatic rings. The number of pyridine rings is 2. The van der Waals surface area contributed by atoms with Crippen molar-refractivity contribution >= 4 is 0 Å². The molecule has 3 aromatic carbocycles. The Kier molecular flexibility index (Phi) is 7.10. The van der Waals surface area contributed by atoms with Crippen molar-refractivity contribution in [3.63, 3.8) is 0 Å². The minimum Gasteiger partial charge on any atom is -0.507 e. The van der Waals surface area contributed by atoms with Gasteiger partial charge in [-0.15, -0.1) is 0 Å². The molecule has 1 N–H and O–H groups in total. The maximum absolute atomic E-state index is 10.8. The third kappa shape index (κ3) is 5.84. The van der Waals surface area contributed by atoms with Crippen LogP contribution in [0.25, 0.3) is 44.9 Å². The quantitative estimate of drug-likeness (QED) is 0.253. The van der Waals surface area contributed by atoms with Crippen molar-refractivity contribution in [2.45, 2.75) is 59.3 Å². The topological polar surface area (TPSA) is 46.0 Å². The standard InChI is InChI=1S/C37H38N2O/c1-24-15-16-38-32(17-24)25-11-10-12-26(18-25)33-21-28(22-34(39-33)31-13-8-9-14-35(31)40)27-19-29(36(2,3)4)23-30(20-27)37(5,6)7/h8-23,40H,1-7H3. The Hall–Kier alpha value is -4.24. The number of aromatic nitrogens is 2. The van der Waals surface area contributed by atoms with Gasteiger partial charge in [-0.1, -0.05) is 90.1 Å². The minimum absolute atomic E-state index is 0.00153. The molecule has 0 aliphatic rings. The molecule has 0 spiro atoms. The monoisotopic (exact) mass is 526 g/mol. The van der Waals surface area contributed by atoms with Gasteiger partial charge in [0.15, 0.2) is 0 Å². The molecule has 5 rings (SSSR count). The molecular weight excluding hydrogens is 488 g/mol. The van der Waals surface area contributed by atoms with Crippen molar-refractivity contribution in [2.24, 2.45) is 0 Å². The molecule has 0 radical (unpaired) electrons. The number of hydrogen-bond acceptors (Lipinski definition) is 3. The molecule has 0 saturated heterocycles. The Morgan fingerprint density at radius 3 is 1.77 bits per heavy atom. The molecule has 2 aromatic heterocycles. The molecule has 0 atom stereocenters. The van der Waals surface area contributed by atoms with Crippen molar-refractivity contribution in [1.82, 2.24) is 9.97 Å². The van der Waals surface area contributed by atoms with Crippen molar-refractivity contribution in [3.05, 3.63) is 114 Å². The second kappa shape index (κ2) is 10.4. The zero-order valence-corrected chi connectivity index (χ0v) is 24.6. The van der Waals surface area contributed by atoms with E-state index in [1.807, 2.05) is 30.5 Å². The van der Waals surface area contributed by atoms with Crippen LogP contribution in [0.15, 0.2) is 97.2 Å². The smallest absolute Gasteiger partial charge is 0.124 e. The predicted molar refractivity (Wildman–Crippen MR) is 168 cm³/mol. The Labute approximate surface area is 238 Å². The van der Waals surface area contributed by atoms with Crippen molar-refractivity contribution in [1.29, 1.82) is 0 Å². The summed E-state index contributed by atoms with van der Waals surface area (Å²) in [5, 5.41) is 10.8. The number of aryl methyl sites for hydroxylation is 1. The molecule has 0 saturated carbocycles. The van der Waals surface area contributed by atoms with Crippen LogP contribution in [0.1, 0.15) is 58.2 Å². The number of rotatable bonds is 4. The van der Waals surface area contributed by atoms with Crippen LogP contribution in [0.2, 0.25) is 0 Å². The highest BCUT2D eigenvalue weighted by atomic mass is 16.3. The normalized spacial score (nSPS) is 12.0. The molecule has 0 amide bonds. The van der Waals surface area contributed by atoms with Crippen LogP contribution in [0.5, 0.6) is 5.75 Å². The first kappa shape index (κ1) is 27.3. The predicted octanol–water partition coefficient (Wildman–Crippen LogP) is 9.75. The van der Waals surface area contributed by atoms with Crippen LogP contribution < -0.4 is 0 Å². The lowest BCUT2D eigenvalue weighted by Crippen LogP contribution is -2.16. The average Bonchev–Trinajstić information content (AvgIpc) is 2.92. The molecule has 0 aliphatic heterocycles. The summed E-state index contributed by atoms with van der Waals surface area (Å²) in [7, 11) is 0. The summed E-state index contributed by atoms with van der Waals surface area (Å²) in [6.45, 7) is 15.6. The van der Waals surface area contributed by atoms with E-state index >= 15 is 0 Å². The summed E-state index contributed by atoms with van der Waals surface area (Å²) in [6, 6.07) is 31.1. The number of para-hydroxylation sites is 1. The van der Waals surface area contributed by atoms with E-state index in [2.05, 4.69) is 114 Å². The second-order valence-corrected chi connectivity index (χ2v) is 12.7. The number of nitrogens with zero attached hydrogens (tertiary/aromatic N) is 2.